The van der Waals surface area contributed by atoms with E-state index in [0.29, 0.717) is 30.2 Å². The summed E-state index contributed by atoms with van der Waals surface area (Å²) in [5.74, 6) is 1.18. The second-order valence-corrected chi connectivity index (χ2v) is 5.89. The standard InChI is InChI=1S/C20H17N3O3/c24-20-16(12-21-22-20)10-18-11-19(23-26-18)15-6-8-17(9-7-15)25-13-14-4-2-1-3-5-14/h1-11,21H,12-13H2,(H,22,24)/b16-10+. The first kappa shape index (κ1) is 16.1. The van der Waals surface area contributed by atoms with E-state index in [1.165, 1.54) is 0 Å². The lowest BCUT2D eigenvalue weighted by atomic mass is 10.1. The van der Waals surface area contributed by atoms with Gasteiger partial charge in [-0.05, 0) is 35.9 Å². The third-order valence-corrected chi connectivity index (χ3v) is 4.02. The maximum absolute atomic E-state index is 11.5. The minimum absolute atomic E-state index is 0.150. The summed E-state index contributed by atoms with van der Waals surface area (Å²) in [6.07, 6.45) is 1.68. The Balaban J connectivity index is 1.43. The summed E-state index contributed by atoms with van der Waals surface area (Å²) < 4.78 is 11.1. The van der Waals surface area contributed by atoms with Crippen LogP contribution in [0.15, 0.2) is 70.8 Å². The Morgan fingerprint density at radius 3 is 2.65 bits per heavy atom. The van der Waals surface area contributed by atoms with Crippen LogP contribution in [0.4, 0.5) is 0 Å². The number of nitrogens with zero attached hydrogens (tertiary/aromatic N) is 1. The topological polar surface area (TPSA) is 76.4 Å². The van der Waals surface area contributed by atoms with Gasteiger partial charge in [-0.2, -0.15) is 0 Å². The number of carbonyl (C=O) groups is 1. The van der Waals surface area contributed by atoms with Crippen LogP contribution in [0, 0.1) is 0 Å². The fraction of sp³-hybridized carbons (Fsp3) is 0.100. The lowest BCUT2D eigenvalue weighted by Gasteiger charge is -2.06. The van der Waals surface area contributed by atoms with Crippen molar-refractivity contribution in [3.63, 3.8) is 0 Å². The van der Waals surface area contributed by atoms with Crippen LogP contribution >= 0.6 is 0 Å². The van der Waals surface area contributed by atoms with Crippen molar-refractivity contribution >= 4 is 12.0 Å². The largest absolute Gasteiger partial charge is 0.489 e. The summed E-state index contributed by atoms with van der Waals surface area (Å²) in [7, 11) is 0. The molecule has 26 heavy (non-hydrogen) atoms. The molecule has 1 saturated heterocycles. The first-order valence-electron chi connectivity index (χ1n) is 8.25. The van der Waals surface area contributed by atoms with Gasteiger partial charge in [0.25, 0.3) is 5.91 Å². The SMILES string of the molecule is O=C1NNC/C1=C\c1cc(-c2ccc(OCc3ccccc3)cc2)no1. The highest BCUT2D eigenvalue weighted by Gasteiger charge is 2.16. The lowest BCUT2D eigenvalue weighted by molar-refractivity contribution is -0.116. The summed E-state index contributed by atoms with van der Waals surface area (Å²) in [6.45, 7) is 0.986. The minimum atomic E-state index is -0.150. The zero-order valence-electron chi connectivity index (χ0n) is 13.9. The minimum Gasteiger partial charge on any atom is -0.489 e. The molecular formula is C20H17N3O3. The van der Waals surface area contributed by atoms with Crippen LogP contribution in [0.1, 0.15) is 11.3 Å². The van der Waals surface area contributed by atoms with Gasteiger partial charge in [-0.25, -0.2) is 5.43 Å². The number of hydrogen-bond donors (Lipinski definition) is 2. The maximum Gasteiger partial charge on any atom is 0.262 e. The van der Waals surface area contributed by atoms with Crippen LogP contribution in [0.2, 0.25) is 0 Å². The Morgan fingerprint density at radius 1 is 1.12 bits per heavy atom. The van der Waals surface area contributed by atoms with E-state index in [1.54, 1.807) is 12.1 Å². The van der Waals surface area contributed by atoms with Crippen molar-refractivity contribution in [2.45, 2.75) is 6.61 Å². The first-order valence-corrected chi connectivity index (χ1v) is 8.25. The number of carbonyl (C=O) groups excluding carboxylic acids is 1. The maximum atomic E-state index is 11.5. The Morgan fingerprint density at radius 2 is 1.92 bits per heavy atom. The van der Waals surface area contributed by atoms with E-state index in [9.17, 15) is 4.79 Å². The van der Waals surface area contributed by atoms with Gasteiger partial charge in [0.1, 0.15) is 18.1 Å². The molecule has 1 aliphatic rings. The highest BCUT2D eigenvalue weighted by Crippen LogP contribution is 2.23. The third-order valence-electron chi connectivity index (χ3n) is 4.02. The molecule has 0 bridgehead atoms. The lowest BCUT2D eigenvalue weighted by Crippen LogP contribution is -2.25. The van der Waals surface area contributed by atoms with E-state index in [-0.39, 0.29) is 5.91 Å². The van der Waals surface area contributed by atoms with Gasteiger partial charge in [-0.3, -0.25) is 10.2 Å². The molecule has 1 fully saturated rings. The number of amides is 1. The predicted molar refractivity (Wildman–Crippen MR) is 96.8 cm³/mol. The van der Waals surface area contributed by atoms with Gasteiger partial charge in [0.05, 0.1) is 0 Å². The molecule has 0 aliphatic carbocycles. The normalized spacial score (nSPS) is 15.2. The van der Waals surface area contributed by atoms with Crippen molar-refractivity contribution in [2.24, 2.45) is 0 Å². The molecule has 0 saturated carbocycles. The first-order chi connectivity index (χ1) is 12.8. The van der Waals surface area contributed by atoms with Crippen LogP contribution < -0.4 is 15.6 Å². The number of nitrogens with one attached hydrogen (secondary N) is 2. The van der Waals surface area contributed by atoms with Crippen molar-refractivity contribution < 1.29 is 14.1 Å². The molecule has 0 atom stereocenters. The van der Waals surface area contributed by atoms with Gasteiger partial charge in [-0.1, -0.05) is 35.5 Å². The summed E-state index contributed by atoms with van der Waals surface area (Å²) in [5, 5.41) is 4.06. The average molecular weight is 347 g/mol. The summed E-state index contributed by atoms with van der Waals surface area (Å²) in [6, 6.07) is 19.5. The Labute approximate surface area is 150 Å². The molecule has 0 radical (unpaired) electrons. The van der Waals surface area contributed by atoms with Crippen LogP contribution in [-0.4, -0.2) is 17.6 Å². The van der Waals surface area contributed by atoms with E-state index in [2.05, 4.69) is 16.0 Å². The zero-order chi connectivity index (χ0) is 17.8. The average Bonchev–Trinajstić information content (AvgIpc) is 3.31. The van der Waals surface area contributed by atoms with Crippen LogP contribution in [0.3, 0.4) is 0 Å². The molecule has 4 rings (SSSR count). The fourth-order valence-electron chi connectivity index (χ4n) is 2.62. The zero-order valence-corrected chi connectivity index (χ0v) is 13.9. The number of aromatic nitrogens is 1. The highest BCUT2D eigenvalue weighted by atomic mass is 16.5. The highest BCUT2D eigenvalue weighted by molar-refractivity contribution is 5.99. The fourth-order valence-corrected chi connectivity index (χ4v) is 2.62. The Bertz CT molecular complexity index is 930. The number of ether oxygens (including phenoxy) is 1. The van der Waals surface area contributed by atoms with E-state index in [4.69, 9.17) is 9.26 Å². The Hall–Kier alpha value is -3.38. The van der Waals surface area contributed by atoms with E-state index >= 15 is 0 Å². The van der Waals surface area contributed by atoms with Crippen molar-refractivity contribution in [2.75, 3.05) is 6.54 Å². The third kappa shape index (κ3) is 3.65. The molecule has 1 aromatic heterocycles. The molecule has 0 spiro atoms. The molecule has 1 aliphatic heterocycles. The van der Waals surface area contributed by atoms with E-state index in [1.807, 2.05) is 54.6 Å². The Kier molecular flexibility index (Phi) is 4.49. The molecular weight excluding hydrogens is 330 g/mol. The molecule has 2 aromatic carbocycles. The molecule has 6 heteroatoms. The van der Waals surface area contributed by atoms with Gasteiger partial charge in [0.2, 0.25) is 0 Å². The van der Waals surface area contributed by atoms with Crippen molar-refractivity contribution in [1.82, 2.24) is 16.0 Å². The van der Waals surface area contributed by atoms with Gasteiger partial charge < -0.3 is 9.26 Å². The monoisotopic (exact) mass is 347 g/mol. The van der Waals surface area contributed by atoms with Gasteiger partial charge >= 0.3 is 0 Å². The number of benzene rings is 2. The van der Waals surface area contributed by atoms with Crippen LogP contribution in [0.25, 0.3) is 17.3 Å². The van der Waals surface area contributed by atoms with E-state index in [0.717, 1.165) is 16.9 Å². The summed E-state index contributed by atoms with van der Waals surface area (Å²) in [4.78, 5) is 11.5. The summed E-state index contributed by atoms with van der Waals surface area (Å²) >= 11 is 0. The molecule has 0 unspecified atom stereocenters. The second-order valence-electron chi connectivity index (χ2n) is 5.89. The quantitative estimate of drug-likeness (QED) is 0.694. The molecule has 1 amide bonds. The van der Waals surface area contributed by atoms with E-state index < -0.39 is 0 Å². The number of hydrazine groups is 1. The number of hydrogen-bond acceptors (Lipinski definition) is 5. The van der Waals surface area contributed by atoms with Crippen molar-refractivity contribution in [3.05, 3.63) is 77.6 Å². The predicted octanol–water partition coefficient (Wildman–Crippen LogP) is 2.94. The molecule has 2 heterocycles. The molecule has 3 aromatic rings. The molecule has 130 valence electrons. The van der Waals surface area contributed by atoms with Crippen molar-refractivity contribution in [1.29, 1.82) is 0 Å². The van der Waals surface area contributed by atoms with Gasteiger partial charge in [-0.15, -0.1) is 0 Å². The van der Waals surface area contributed by atoms with Gasteiger partial charge in [0.15, 0.2) is 5.76 Å². The van der Waals surface area contributed by atoms with Crippen molar-refractivity contribution in [3.8, 4) is 17.0 Å². The van der Waals surface area contributed by atoms with Crippen LogP contribution in [-0.2, 0) is 11.4 Å². The summed E-state index contributed by atoms with van der Waals surface area (Å²) in [5.41, 5.74) is 8.64. The second kappa shape index (κ2) is 7.25. The molecule has 2 N–H and O–H groups in total. The smallest absolute Gasteiger partial charge is 0.262 e. The number of rotatable bonds is 5. The van der Waals surface area contributed by atoms with Gasteiger partial charge in [0, 0.05) is 23.7 Å². The molecule has 6 nitrogen and oxygen atoms in total. The van der Waals surface area contributed by atoms with Crippen LogP contribution in [0.5, 0.6) is 5.75 Å².